The van der Waals surface area contributed by atoms with Gasteiger partial charge in [0.25, 0.3) is 5.91 Å². The second-order valence-corrected chi connectivity index (χ2v) is 6.79. The summed E-state index contributed by atoms with van der Waals surface area (Å²) in [5.41, 5.74) is 1.65. The fraction of sp³-hybridized carbons (Fsp3) is 0.579. The standard InChI is InChI=1S/C19H27NO3/c1-13(2)15-8-10-16(11-9-15)19(22)23-12-18(21)20-17-7-5-4-6-14(17)3/h8-11,13-14,17H,4-7,12H2,1-3H3,(H,20,21). The second-order valence-electron chi connectivity index (χ2n) is 6.79. The van der Waals surface area contributed by atoms with E-state index < -0.39 is 5.97 Å². The van der Waals surface area contributed by atoms with Crippen molar-refractivity contribution in [3.63, 3.8) is 0 Å². The molecule has 1 aromatic rings. The first-order valence-electron chi connectivity index (χ1n) is 8.54. The van der Waals surface area contributed by atoms with E-state index in [-0.39, 0.29) is 18.6 Å². The Morgan fingerprint density at radius 1 is 1.17 bits per heavy atom. The first-order chi connectivity index (χ1) is 11.0. The maximum atomic E-state index is 12.0. The Balaban J connectivity index is 1.80. The minimum absolute atomic E-state index is 0.209. The van der Waals surface area contributed by atoms with E-state index in [1.165, 1.54) is 12.0 Å². The normalized spacial score (nSPS) is 21.0. The summed E-state index contributed by atoms with van der Waals surface area (Å²) in [6.45, 7) is 6.15. The first kappa shape index (κ1) is 17.5. The lowest BCUT2D eigenvalue weighted by atomic mass is 9.86. The minimum Gasteiger partial charge on any atom is -0.452 e. The Morgan fingerprint density at radius 2 is 1.83 bits per heavy atom. The third-order valence-electron chi connectivity index (χ3n) is 4.61. The predicted octanol–water partition coefficient (Wildman–Crippen LogP) is 3.66. The number of rotatable bonds is 5. The van der Waals surface area contributed by atoms with Crippen LogP contribution in [0.2, 0.25) is 0 Å². The molecule has 0 heterocycles. The summed E-state index contributed by atoms with van der Waals surface area (Å²) in [6.07, 6.45) is 4.54. The Morgan fingerprint density at radius 3 is 2.43 bits per heavy atom. The molecule has 2 rings (SSSR count). The molecule has 23 heavy (non-hydrogen) atoms. The van der Waals surface area contributed by atoms with Gasteiger partial charge in [-0.3, -0.25) is 4.79 Å². The van der Waals surface area contributed by atoms with Crippen LogP contribution in [0.15, 0.2) is 24.3 Å². The topological polar surface area (TPSA) is 55.4 Å². The molecule has 0 spiro atoms. The molecule has 1 fully saturated rings. The summed E-state index contributed by atoms with van der Waals surface area (Å²) in [5, 5.41) is 2.98. The van der Waals surface area contributed by atoms with Crippen LogP contribution >= 0.6 is 0 Å². The number of ether oxygens (including phenoxy) is 1. The zero-order valence-corrected chi connectivity index (χ0v) is 14.3. The molecule has 0 aliphatic heterocycles. The maximum absolute atomic E-state index is 12.0. The Hall–Kier alpha value is -1.84. The number of carbonyl (C=O) groups excluding carboxylic acids is 2. The fourth-order valence-corrected chi connectivity index (χ4v) is 3.00. The van der Waals surface area contributed by atoms with Crippen LogP contribution < -0.4 is 5.32 Å². The molecule has 2 atom stereocenters. The highest BCUT2D eigenvalue weighted by atomic mass is 16.5. The van der Waals surface area contributed by atoms with Crippen LogP contribution in [0.25, 0.3) is 0 Å². The molecular formula is C19H27NO3. The summed E-state index contributed by atoms with van der Waals surface area (Å²) >= 11 is 0. The number of esters is 1. The van der Waals surface area contributed by atoms with Crippen molar-refractivity contribution in [2.75, 3.05) is 6.61 Å². The van der Waals surface area contributed by atoms with Gasteiger partial charge in [-0.2, -0.15) is 0 Å². The third-order valence-corrected chi connectivity index (χ3v) is 4.61. The molecule has 1 N–H and O–H groups in total. The molecule has 1 amide bonds. The number of hydrogen-bond acceptors (Lipinski definition) is 3. The van der Waals surface area contributed by atoms with Crippen molar-refractivity contribution in [1.82, 2.24) is 5.32 Å². The van der Waals surface area contributed by atoms with E-state index in [1.807, 2.05) is 12.1 Å². The van der Waals surface area contributed by atoms with Gasteiger partial charge in [-0.1, -0.05) is 45.7 Å². The lowest BCUT2D eigenvalue weighted by Gasteiger charge is -2.29. The van der Waals surface area contributed by atoms with E-state index in [1.54, 1.807) is 12.1 Å². The predicted molar refractivity (Wildman–Crippen MR) is 90.4 cm³/mol. The van der Waals surface area contributed by atoms with Gasteiger partial charge in [-0.25, -0.2) is 4.79 Å². The van der Waals surface area contributed by atoms with Crippen molar-refractivity contribution in [3.8, 4) is 0 Å². The van der Waals surface area contributed by atoms with E-state index in [0.29, 0.717) is 17.4 Å². The number of benzene rings is 1. The zero-order valence-electron chi connectivity index (χ0n) is 14.3. The van der Waals surface area contributed by atoms with Gasteiger partial charge < -0.3 is 10.1 Å². The van der Waals surface area contributed by atoms with Gasteiger partial charge in [0.1, 0.15) is 0 Å². The molecule has 1 aliphatic rings. The van der Waals surface area contributed by atoms with Gasteiger partial charge >= 0.3 is 5.97 Å². The van der Waals surface area contributed by atoms with Crippen LogP contribution in [-0.2, 0) is 9.53 Å². The van der Waals surface area contributed by atoms with E-state index in [0.717, 1.165) is 19.3 Å². The Labute approximate surface area is 138 Å². The van der Waals surface area contributed by atoms with E-state index in [9.17, 15) is 9.59 Å². The molecule has 1 aromatic carbocycles. The van der Waals surface area contributed by atoms with Gasteiger partial charge in [0.2, 0.25) is 0 Å². The highest BCUT2D eigenvalue weighted by molar-refractivity contribution is 5.91. The molecule has 0 saturated heterocycles. The molecule has 0 bridgehead atoms. The second kappa shape index (κ2) is 8.14. The third kappa shape index (κ3) is 5.08. The Kier molecular flexibility index (Phi) is 6.20. The van der Waals surface area contributed by atoms with Crippen LogP contribution in [0.5, 0.6) is 0 Å². The average molecular weight is 317 g/mol. The lowest BCUT2D eigenvalue weighted by molar-refractivity contribution is -0.125. The van der Waals surface area contributed by atoms with Crippen LogP contribution in [0.3, 0.4) is 0 Å². The van der Waals surface area contributed by atoms with Crippen LogP contribution in [0.4, 0.5) is 0 Å². The highest BCUT2D eigenvalue weighted by Gasteiger charge is 2.23. The number of hydrogen-bond donors (Lipinski definition) is 1. The molecule has 2 unspecified atom stereocenters. The Bertz CT molecular complexity index is 536. The van der Waals surface area contributed by atoms with E-state index >= 15 is 0 Å². The van der Waals surface area contributed by atoms with Gasteiger partial charge in [0.05, 0.1) is 5.56 Å². The van der Waals surface area contributed by atoms with Gasteiger partial charge in [0.15, 0.2) is 6.61 Å². The molecule has 4 heteroatoms. The van der Waals surface area contributed by atoms with Crippen molar-refractivity contribution < 1.29 is 14.3 Å². The van der Waals surface area contributed by atoms with Crippen molar-refractivity contribution in [2.45, 2.75) is 58.4 Å². The monoisotopic (exact) mass is 317 g/mol. The zero-order chi connectivity index (χ0) is 16.8. The maximum Gasteiger partial charge on any atom is 0.338 e. The highest BCUT2D eigenvalue weighted by Crippen LogP contribution is 2.23. The molecule has 1 saturated carbocycles. The molecule has 4 nitrogen and oxygen atoms in total. The molecule has 0 aromatic heterocycles. The van der Waals surface area contributed by atoms with Gasteiger partial charge in [0, 0.05) is 6.04 Å². The summed E-state index contributed by atoms with van der Waals surface area (Å²) in [4.78, 5) is 23.9. The van der Waals surface area contributed by atoms with Crippen LogP contribution in [0, 0.1) is 5.92 Å². The summed E-state index contributed by atoms with van der Waals surface area (Å²) in [5.74, 6) is 0.248. The molecule has 0 radical (unpaired) electrons. The van der Waals surface area contributed by atoms with Crippen LogP contribution in [-0.4, -0.2) is 24.5 Å². The first-order valence-corrected chi connectivity index (χ1v) is 8.54. The lowest BCUT2D eigenvalue weighted by Crippen LogP contribution is -2.42. The summed E-state index contributed by atoms with van der Waals surface area (Å²) < 4.78 is 5.12. The largest absolute Gasteiger partial charge is 0.452 e. The van der Waals surface area contributed by atoms with Crippen LogP contribution in [0.1, 0.15) is 68.3 Å². The molecule has 126 valence electrons. The van der Waals surface area contributed by atoms with E-state index in [2.05, 4.69) is 26.1 Å². The minimum atomic E-state index is -0.452. The van der Waals surface area contributed by atoms with Crippen molar-refractivity contribution in [2.24, 2.45) is 5.92 Å². The summed E-state index contributed by atoms with van der Waals surface area (Å²) in [6, 6.07) is 7.55. The van der Waals surface area contributed by atoms with Gasteiger partial charge in [-0.15, -0.1) is 0 Å². The number of nitrogens with one attached hydrogen (secondary N) is 1. The SMILES string of the molecule is CC(C)c1ccc(C(=O)OCC(=O)NC2CCCCC2C)cc1. The quantitative estimate of drug-likeness (QED) is 0.843. The number of carbonyl (C=O) groups is 2. The van der Waals surface area contributed by atoms with Crippen molar-refractivity contribution in [1.29, 1.82) is 0 Å². The average Bonchev–Trinajstić information content (AvgIpc) is 2.55. The smallest absolute Gasteiger partial charge is 0.338 e. The fourth-order valence-electron chi connectivity index (χ4n) is 3.00. The van der Waals surface area contributed by atoms with Crippen molar-refractivity contribution in [3.05, 3.63) is 35.4 Å². The molecule has 1 aliphatic carbocycles. The number of amides is 1. The summed E-state index contributed by atoms with van der Waals surface area (Å²) in [7, 11) is 0. The van der Waals surface area contributed by atoms with E-state index in [4.69, 9.17) is 4.74 Å². The van der Waals surface area contributed by atoms with Crippen molar-refractivity contribution >= 4 is 11.9 Å². The molecular weight excluding hydrogens is 290 g/mol. The van der Waals surface area contributed by atoms with Gasteiger partial charge in [-0.05, 0) is 42.4 Å².